The minimum Gasteiger partial charge on any atom is -0.483 e. The molecule has 2 aromatic carbocycles. The number of nitrogens with one attached hydrogen (secondary N) is 2. The molecule has 0 saturated carbocycles. The normalized spacial score (nSPS) is 12.6. The van der Waals surface area contributed by atoms with Crippen LogP contribution < -0.4 is 20.1 Å². The molecule has 3 aromatic rings. The van der Waals surface area contributed by atoms with E-state index >= 15 is 0 Å². The fourth-order valence-corrected chi connectivity index (χ4v) is 3.76. The second-order valence-corrected chi connectivity index (χ2v) is 7.50. The molecule has 0 aliphatic carbocycles. The lowest BCUT2D eigenvalue weighted by molar-refractivity contribution is -0.119. The molecule has 29 heavy (non-hydrogen) atoms. The molecule has 4 rings (SSSR count). The molecular weight excluding hydrogens is 390 g/mol. The smallest absolute Gasteiger partial charge is 0.264 e. The zero-order valence-electron chi connectivity index (χ0n) is 15.9. The zero-order chi connectivity index (χ0) is 20.4. The molecule has 7 nitrogen and oxygen atoms in total. The van der Waals surface area contributed by atoms with E-state index in [1.165, 1.54) is 11.3 Å². The third-order valence-electron chi connectivity index (χ3n) is 4.42. The Kier molecular flexibility index (Phi) is 5.18. The first-order chi connectivity index (χ1) is 14.0. The number of aromatic nitrogens is 1. The van der Waals surface area contributed by atoms with Crippen molar-refractivity contribution >= 4 is 34.0 Å². The van der Waals surface area contributed by atoms with Crippen molar-refractivity contribution in [3.63, 3.8) is 0 Å². The van der Waals surface area contributed by atoms with Crippen molar-refractivity contribution in [3.8, 4) is 22.8 Å². The first-order valence-corrected chi connectivity index (χ1v) is 9.89. The van der Waals surface area contributed by atoms with Gasteiger partial charge in [0.15, 0.2) is 18.3 Å². The standard InChI is InChI=1S/C21H19N3O4S/c1-12-4-3-5-13(2)20(12)28-10-19(26)24-21-23-16(11-29-21)14-6-7-17-15(8-14)22-18(25)9-27-17/h3-8,11H,9-10H2,1-2H3,(H,22,25)(H,23,24,26). The van der Waals surface area contributed by atoms with Gasteiger partial charge in [0, 0.05) is 10.9 Å². The van der Waals surface area contributed by atoms with Crippen LogP contribution >= 0.6 is 11.3 Å². The molecule has 0 bridgehead atoms. The van der Waals surface area contributed by atoms with Crippen LogP contribution in [0, 0.1) is 13.8 Å². The van der Waals surface area contributed by atoms with E-state index in [1.54, 1.807) is 12.1 Å². The molecule has 1 aliphatic rings. The molecule has 8 heteroatoms. The summed E-state index contributed by atoms with van der Waals surface area (Å²) in [5, 5.41) is 7.86. The van der Waals surface area contributed by atoms with Crippen molar-refractivity contribution in [2.75, 3.05) is 23.8 Å². The fraction of sp³-hybridized carbons (Fsp3) is 0.190. The van der Waals surface area contributed by atoms with E-state index in [0.29, 0.717) is 22.3 Å². The first kappa shape index (κ1) is 18.9. The summed E-state index contributed by atoms with van der Waals surface area (Å²) in [6, 6.07) is 11.3. The Morgan fingerprint density at radius 2 is 2.07 bits per heavy atom. The predicted molar refractivity (Wildman–Crippen MR) is 112 cm³/mol. The fourth-order valence-electron chi connectivity index (χ4n) is 3.03. The average molecular weight is 409 g/mol. The number of carbonyl (C=O) groups is 2. The van der Waals surface area contributed by atoms with E-state index in [4.69, 9.17) is 9.47 Å². The third kappa shape index (κ3) is 4.22. The van der Waals surface area contributed by atoms with Crippen LogP contribution in [-0.4, -0.2) is 30.0 Å². The molecule has 0 atom stereocenters. The number of thiazole rings is 1. The second kappa shape index (κ2) is 7.92. The minimum atomic E-state index is -0.278. The van der Waals surface area contributed by atoms with Crippen molar-refractivity contribution < 1.29 is 19.1 Å². The van der Waals surface area contributed by atoms with E-state index in [9.17, 15) is 9.59 Å². The molecular formula is C21H19N3O4S. The number of ether oxygens (including phenoxy) is 2. The highest BCUT2D eigenvalue weighted by molar-refractivity contribution is 7.14. The van der Waals surface area contributed by atoms with Crippen LogP contribution in [-0.2, 0) is 9.59 Å². The lowest BCUT2D eigenvalue weighted by Gasteiger charge is -2.18. The number of rotatable bonds is 5. The Hall–Kier alpha value is -3.39. The monoisotopic (exact) mass is 409 g/mol. The number of nitrogens with zero attached hydrogens (tertiary/aromatic N) is 1. The van der Waals surface area contributed by atoms with Crippen LogP contribution in [0.15, 0.2) is 41.8 Å². The van der Waals surface area contributed by atoms with Gasteiger partial charge in [0.25, 0.3) is 11.8 Å². The summed E-state index contributed by atoms with van der Waals surface area (Å²) < 4.78 is 11.0. The van der Waals surface area contributed by atoms with E-state index in [1.807, 2.05) is 43.5 Å². The summed E-state index contributed by atoms with van der Waals surface area (Å²) in [7, 11) is 0. The van der Waals surface area contributed by atoms with Crippen LogP contribution in [0.3, 0.4) is 0 Å². The molecule has 0 spiro atoms. The molecule has 1 aromatic heterocycles. The van der Waals surface area contributed by atoms with Crippen LogP contribution in [0.5, 0.6) is 11.5 Å². The van der Waals surface area contributed by atoms with Crippen molar-refractivity contribution in [3.05, 3.63) is 52.9 Å². The largest absolute Gasteiger partial charge is 0.483 e. The summed E-state index contributed by atoms with van der Waals surface area (Å²) in [6.07, 6.45) is 0. The zero-order valence-corrected chi connectivity index (χ0v) is 16.8. The molecule has 0 unspecified atom stereocenters. The van der Waals surface area contributed by atoms with E-state index in [2.05, 4.69) is 15.6 Å². The molecule has 0 radical (unpaired) electrons. The van der Waals surface area contributed by atoms with E-state index < -0.39 is 0 Å². The van der Waals surface area contributed by atoms with Crippen LogP contribution in [0.4, 0.5) is 10.8 Å². The number of hydrogen-bond donors (Lipinski definition) is 2. The Morgan fingerprint density at radius 3 is 2.86 bits per heavy atom. The van der Waals surface area contributed by atoms with Gasteiger partial charge < -0.3 is 14.8 Å². The lowest BCUT2D eigenvalue weighted by atomic mass is 10.1. The predicted octanol–water partition coefficient (Wildman–Crippen LogP) is 3.78. The molecule has 2 heterocycles. The van der Waals surface area contributed by atoms with Gasteiger partial charge in [-0.3, -0.25) is 14.9 Å². The molecule has 2 amide bonds. The minimum absolute atomic E-state index is 0.0172. The Bertz CT molecular complexity index is 1070. The van der Waals surface area contributed by atoms with E-state index in [-0.39, 0.29) is 25.0 Å². The van der Waals surface area contributed by atoms with Gasteiger partial charge in [-0.15, -0.1) is 11.3 Å². The number of fused-ring (bicyclic) bond motifs is 1. The molecule has 0 saturated heterocycles. The lowest BCUT2D eigenvalue weighted by Crippen LogP contribution is -2.25. The second-order valence-electron chi connectivity index (χ2n) is 6.64. The van der Waals surface area contributed by atoms with Gasteiger partial charge in [0.2, 0.25) is 0 Å². The summed E-state index contributed by atoms with van der Waals surface area (Å²) >= 11 is 1.32. The van der Waals surface area contributed by atoms with Crippen molar-refractivity contribution in [2.45, 2.75) is 13.8 Å². The highest BCUT2D eigenvalue weighted by Gasteiger charge is 2.17. The molecule has 148 valence electrons. The molecule has 2 N–H and O–H groups in total. The maximum atomic E-state index is 12.2. The quantitative estimate of drug-likeness (QED) is 0.669. The van der Waals surface area contributed by atoms with Crippen LogP contribution in [0.1, 0.15) is 11.1 Å². The summed E-state index contributed by atoms with van der Waals surface area (Å²) in [5.41, 5.74) is 4.09. The SMILES string of the molecule is Cc1cccc(C)c1OCC(=O)Nc1nc(-c2ccc3c(c2)NC(=O)CO3)cs1. The highest BCUT2D eigenvalue weighted by atomic mass is 32.1. The number of carbonyl (C=O) groups excluding carboxylic acids is 2. The Labute approximate surface area is 171 Å². The number of benzene rings is 2. The highest BCUT2D eigenvalue weighted by Crippen LogP contribution is 2.33. The van der Waals surface area contributed by atoms with Crippen molar-refractivity contribution in [1.82, 2.24) is 4.98 Å². The number of amides is 2. The topological polar surface area (TPSA) is 89.5 Å². The molecule has 0 fully saturated rings. The van der Waals surface area contributed by atoms with Crippen molar-refractivity contribution in [1.29, 1.82) is 0 Å². The van der Waals surface area contributed by atoms with Crippen LogP contribution in [0.25, 0.3) is 11.3 Å². The molecule has 1 aliphatic heterocycles. The first-order valence-electron chi connectivity index (χ1n) is 9.01. The van der Waals surface area contributed by atoms with E-state index in [0.717, 1.165) is 22.4 Å². The van der Waals surface area contributed by atoms with Gasteiger partial charge >= 0.3 is 0 Å². The number of hydrogen-bond acceptors (Lipinski definition) is 6. The van der Waals surface area contributed by atoms with Crippen LogP contribution in [0.2, 0.25) is 0 Å². The maximum absolute atomic E-state index is 12.2. The number of aryl methyl sites for hydroxylation is 2. The Balaban J connectivity index is 1.41. The summed E-state index contributed by atoms with van der Waals surface area (Å²) in [6.45, 7) is 3.81. The van der Waals surface area contributed by atoms with Gasteiger partial charge in [0.1, 0.15) is 11.5 Å². The van der Waals surface area contributed by atoms with Gasteiger partial charge in [-0.25, -0.2) is 4.98 Å². The number of para-hydroxylation sites is 1. The third-order valence-corrected chi connectivity index (χ3v) is 5.17. The Morgan fingerprint density at radius 1 is 1.28 bits per heavy atom. The van der Waals surface area contributed by atoms with Gasteiger partial charge in [-0.05, 0) is 43.2 Å². The van der Waals surface area contributed by atoms with Crippen molar-refractivity contribution in [2.24, 2.45) is 0 Å². The van der Waals surface area contributed by atoms with Gasteiger partial charge in [-0.2, -0.15) is 0 Å². The summed E-state index contributed by atoms with van der Waals surface area (Å²) in [5.74, 6) is 0.881. The summed E-state index contributed by atoms with van der Waals surface area (Å²) in [4.78, 5) is 28.2. The van der Waals surface area contributed by atoms with Gasteiger partial charge in [0.05, 0.1) is 11.4 Å². The van der Waals surface area contributed by atoms with Gasteiger partial charge in [-0.1, -0.05) is 18.2 Å². The number of anilines is 2. The maximum Gasteiger partial charge on any atom is 0.264 e. The average Bonchev–Trinajstić information content (AvgIpc) is 3.15.